The topological polar surface area (TPSA) is 78.8 Å². The van der Waals surface area contributed by atoms with Crippen LogP contribution >= 0.6 is 0 Å². The second-order valence-corrected chi connectivity index (χ2v) is 8.22. The van der Waals surface area contributed by atoms with Gasteiger partial charge in [0, 0.05) is 37.3 Å². The molecule has 0 unspecified atom stereocenters. The lowest BCUT2D eigenvalue weighted by molar-refractivity contribution is -0.174. The molecule has 10 heteroatoms. The first-order valence-corrected chi connectivity index (χ1v) is 9.95. The van der Waals surface area contributed by atoms with E-state index in [4.69, 9.17) is 0 Å². The minimum absolute atomic E-state index is 0.0214. The van der Waals surface area contributed by atoms with E-state index in [1.165, 1.54) is 6.20 Å². The number of aromatic nitrogens is 4. The molecule has 4 heterocycles. The van der Waals surface area contributed by atoms with Crippen LogP contribution in [-0.2, 0) is 0 Å². The number of hydrogen-bond donors (Lipinski definition) is 2. The van der Waals surface area contributed by atoms with Crippen molar-refractivity contribution in [3.05, 3.63) is 29.7 Å². The molecule has 2 aromatic rings. The van der Waals surface area contributed by atoms with Gasteiger partial charge in [0.15, 0.2) is 6.04 Å². The van der Waals surface area contributed by atoms with Gasteiger partial charge in [-0.15, -0.1) is 0 Å². The van der Waals surface area contributed by atoms with Crippen LogP contribution in [-0.4, -0.2) is 56.1 Å². The van der Waals surface area contributed by atoms with Crippen LogP contribution in [0, 0.1) is 5.92 Å². The number of carbonyl (C=O) groups excluding carboxylic acids is 1. The Morgan fingerprint density at radius 3 is 2.59 bits per heavy atom. The summed E-state index contributed by atoms with van der Waals surface area (Å²) in [5, 5.41) is 14.0. The summed E-state index contributed by atoms with van der Waals surface area (Å²) in [6, 6.07) is 1.53. The highest BCUT2D eigenvalue weighted by atomic mass is 19.4. The average molecular weight is 410 g/mol. The van der Waals surface area contributed by atoms with Crippen molar-refractivity contribution >= 4 is 11.7 Å². The Morgan fingerprint density at radius 2 is 2.00 bits per heavy atom. The van der Waals surface area contributed by atoms with Crippen LogP contribution in [0.2, 0.25) is 0 Å². The fourth-order valence-corrected chi connectivity index (χ4v) is 4.18. The van der Waals surface area contributed by atoms with Crippen molar-refractivity contribution in [2.75, 3.05) is 18.4 Å². The first-order chi connectivity index (χ1) is 13.7. The quantitative estimate of drug-likeness (QED) is 0.811. The molecule has 1 fully saturated rings. The third-order valence-corrected chi connectivity index (χ3v) is 5.97. The van der Waals surface area contributed by atoms with Gasteiger partial charge in [0.25, 0.3) is 5.91 Å². The third kappa shape index (κ3) is 3.84. The molecule has 0 spiro atoms. The smallest absolute Gasteiger partial charge is 0.367 e. The first kappa shape index (κ1) is 19.8. The summed E-state index contributed by atoms with van der Waals surface area (Å²) in [7, 11) is 0. The zero-order valence-corrected chi connectivity index (χ0v) is 16.4. The van der Waals surface area contributed by atoms with E-state index in [-0.39, 0.29) is 30.2 Å². The molecular weight excluding hydrogens is 385 g/mol. The van der Waals surface area contributed by atoms with Crippen molar-refractivity contribution in [3.63, 3.8) is 0 Å². The van der Waals surface area contributed by atoms with Crippen LogP contribution in [0.15, 0.2) is 18.3 Å². The van der Waals surface area contributed by atoms with Crippen molar-refractivity contribution in [3.8, 4) is 0 Å². The number of carbonyl (C=O) groups is 1. The maximum Gasteiger partial charge on any atom is 0.410 e. The zero-order chi connectivity index (χ0) is 20.8. The monoisotopic (exact) mass is 410 g/mol. The van der Waals surface area contributed by atoms with Gasteiger partial charge < -0.3 is 10.2 Å². The van der Waals surface area contributed by atoms with Crippen LogP contribution in [0.4, 0.5) is 19.0 Å². The zero-order valence-electron chi connectivity index (χ0n) is 16.4. The molecule has 1 amide bonds. The number of amides is 1. The highest BCUT2D eigenvalue weighted by Gasteiger charge is 2.47. The average Bonchev–Trinajstić information content (AvgIpc) is 3.35. The molecule has 0 saturated carbocycles. The maximum atomic E-state index is 13.6. The Hall–Kier alpha value is -2.52. The van der Waals surface area contributed by atoms with Crippen molar-refractivity contribution in [1.82, 2.24) is 24.9 Å². The summed E-state index contributed by atoms with van der Waals surface area (Å²) in [5.41, 5.74) is 1.11. The number of anilines is 1. The summed E-state index contributed by atoms with van der Waals surface area (Å²) in [4.78, 5) is 14.2. The predicted octanol–water partition coefficient (Wildman–Crippen LogP) is 3.57. The molecule has 1 saturated heterocycles. The van der Waals surface area contributed by atoms with Gasteiger partial charge in [-0.05, 0) is 31.2 Å². The molecule has 2 aliphatic heterocycles. The first-order valence-electron chi connectivity index (χ1n) is 9.95. The number of likely N-dealkylation sites (tertiary alicyclic amines) is 1. The lowest BCUT2D eigenvalue weighted by Gasteiger charge is -2.35. The van der Waals surface area contributed by atoms with Gasteiger partial charge in [-0.25, -0.2) is 4.68 Å². The molecule has 29 heavy (non-hydrogen) atoms. The highest BCUT2D eigenvalue weighted by molar-refractivity contribution is 5.92. The second-order valence-electron chi connectivity index (χ2n) is 8.22. The minimum atomic E-state index is -4.34. The Balaban J connectivity index is 1.49. The van der Waals surface area contributed by atoms with Gasteiger partial charge >= 0.3 is 6.18 Å². The van der Waals surface area contributed by atoms with Crippen LogP contribution in [0.3, 0.4) is 0 Å². The van der Waals surface area contributed by atoms with E-state index < -0.39 is 12.2 Å². The molecule has 4 rings (SSSR count). The van der Waals surface area contributed by atoms with E-state index in [1.807, 2.05) is 13.8 Å². The van der Waals surface area contributed by atoms with Gasteiger partial charge in [-0.3, -0.25) is 9.89 Å². The van der Waals surface area contributed by atoms with Crippen LogP contribution in [0.5, 0.6) is 0 Å². The SMILES string of the molecule is CC(C)[C@@H]1C[C@H](C(F)(F)F)n2nc(C3CCN(C(=O)c4ccn[nH]4)CC3)cc2N1. The fourth-order valence-electron chi connectivity index (χ4n) is 4.18. The van der Waals surface area contributed by atoms with E-state index in [0.717, 1.165) is 4.68 Å². The molecule has 0 bridgehead atoms. The van der Waals surface area contributed by atoms with Gasteiger partial charge in [0.1, 0.15) is 11.5 Å². The molecular formula is C19H25F3N6O. The van der Waals surface area contributed by atoms with Gasteiger partial charge in [-0.1, -0.05) is 13.8 Å². The summed E-state index contributed by atoms with van der Waals surface area (Å²) < 4.78 is 42.0. The number of fused-ring (bicyclic) bond motifs is 1. The number of halogens is 3. The van der Waals surface area contributed by atoms with Crippen molar-refractivity contribution in [2.45, 2.75) is 57.3 Å². The number of nitrogens with zero attached hydrogens (tertiary/aromatic N) is 4. The van der Waals surface area contributed by atoms with Gasteiger partial charge in [0.05, 0.1) is 5.69 Å². The molecule has 0 radical (unpaired) electrons. The molecule has 0 aliphatic carbocycles. The Bertz CT molecular complexity index is 852. The Labute approximate surface area is 166 Å². The van der Waals surface area contributed by atoms with Crippen molar-refractivity contribution < 1.29 is 18.0 Å². The second kappa shape index (κ2) is 7.38. The number of hydrogen-bond acceptors (Lipinski definition) is 4. The van der Waals surface area contributed by atoms with E-state index in [1.54, 1.807) is 17.0 Å². The molecule has 2 aromatic heterocycles. The predicted molar refractivity (Wildman–Crippen MR) is 101 cm³/mol. The molecule has 7 nitrogen and oxygen atoms in total. The molecule has 2 aliphatic rings. The van der Waals surface area contributed by atoms with E-state index in [0.29, 0.717) is 43.1 Å². The van der Waals surface area contributed by atoms with Gasteiger partial charge in [-0.2, -0.15) is 23.4 Å². The largest absolute Gasteiger partial charge is 0.410 e. The van der Waals surface area contributed by atoms with Crippen LogP contribution in [0.25, 0.3) is 0 Å². The fraction of sp³-hybridized carbons (Fsp3) is 0.632. The minimum Gasteiger partial charge on any atom is -0.367 e. The number of piperidine rings is 1. The van der Waals surface area contributed by atoms with Gasteiger partial charge in [0.2, 0.25) is 0 Å². The normalized spacial score (nSPS) is 23.2. The molecule has 2 N–H and O–H groups in total. The van der Waals surface area contributed by atoms with Crippen LogP contribution in [0.1, 0.15) is 61.3 Å². The van der Waals surface area contributed by atoms with E-state index >= 15 is 0 Å². The Kier molecular flexibility index (Phi) is 5.04. The number of alkyl halides is 3. The number of rotatable bonds is 3. The van der Waals surface area contributed by atoms with E-state index in [9.17, 15) is 18.0 Å². The highest BCUT2D eigenvalue weighted by Crippen LogP contribution is 2.42. The number of aromatic amines is 1. The summed E-state index contributed by atoms with van der Waals surface area (Å²) in [6.07, 6.45) is -1.50. The van der Waals surface area contributed by atoms with E-state index in [2.05, 4.69) is 20.6 Å². The Morgan fingerprint density at radius 1 is 1.28 bits per heavy atom. The summed E-state index contributed by atoms with van der Waals surface area (Å²) in [5.74, 6) is 0.447. The third-order valence-electron chi connectivity index (χ3n) is 5.97. The number of nitrogens with one attached hydrogen (secondary N) is 2. The van der Waals surface area contributed by atoms with Crippen molar-refractivity contribution in [1.29, 1.82) is 0 Å². The van der Waals surface area contributed by atoms with Crippen LogP contribution < -0.4 is 5.32 Å². The lowest BCUT2D eigenvalue weighted by Crippen LogP contribution is -2.41. The summed E-state index contributed by atoms with van der Waals surface area (Å²) in [6.45, 7) is 4.92. The molecule has 2 atom stereocenters. The molecule has 158 valence electrons. The summed E-state index contributed by atoms with van der Waals surface area (Å²) >= 11 is 0. The standard InChI is InChI=1S/C19H25F3N6O/c1-11(2)14-9-16(19(20,21)22)28-17(24-14)10-15(26-28)12-4-7-27(8-5-12)18(29)13-3-6-23-25-13/h3,6,10-12,14,16,24H,4-5,7-9H2,1-2H3,(H,23,25)/t14-,16+/m0/s1. The lowest BCUT2D eigenvalue weighted by atomic mass is 9.93. The number of H-pyrrole nitrogens is 1. The maximum absolute atomic E-state index is 13.6. The molecule has 0 aromatic carbocycles. The van der Waals surface area contributed by atoms with Crippen molar-refractivity contribution in [2.24, 2.45) is 5.92 Å².